The number of fused-ring (bicyclic) bond motifs is 1. The summed E-state index contributed by atoms with van der Waals surface area (Å²) in [7, 11) is 0. The fourth-order valence-corrected chi connectivity index (χ4v) is 4.33. The summed E-state index contributed by atoms with van der Waals surface area (Å²) in [5, 5.41) is 35.2. The van der Waals surface area contributed by atoms with Crippen molar-refractivity contribution in [3.63, 3.8) is 0 Å². The van der Waals surface area contributed by atoms with Crippen molar-refractivity contribution in [2.75, 3.05) is 5.32 Å². The van der Waals surface area contributed by atoms with Crippen molar-refractivity contribution in [2.45, 2.75) is 44.8 Å². The lowest BCUT2D eigenvalue weighted by Crippen LogP contribution is -2.30. The van der Waals surface area contributed by atoms with Crippen molar-refractivity contribution >= 4 is 27.2 Å². The number of benzene rings is 1. The molecular weight excluding hydrogens is 334 g/mol. The van der Waals surface area contributed by atoms with Crippen LogP contribution in [0, 0.1) is 6.92 Å². The molecule has 0 amide bonds. The summed E-state index contributed by atoms with van der Waals surface area (Å²) < 4.78 is 1.06. The molecule has 5 nitrogen and oxygen atoms in total. The standard InChI is InChI=1S/C19H21N3O2S/c1-11-9-17(20-12-3-2-4-13(23)10-12)21-22-18(11)15-5-6-16-14(19(15)24)7-8-25-16/h5-9,12-13,23-24H,2-4,10H2,1H3,(H,20,21)/t12-,13-/m0/s1. The number of aromatic hydroxyl groups is 1. The van der Waals surface area contributed by atoms with E-state index in [4.69, 9.17) is 0 Å². The van der Waals surface area contributed by atoms with Gasteiger partial charge in [-0.05, 0) is 67.8 Å². The Morgan fingerprint density at radius 2 is 2.08 bits per heavy atom. The summed E-state index contributed by atoms with van der Waals surface area (Å²) in [6, 6.07) is 8.02. The second-order valence-electron chi connectivity index (χ2n) is 6.72. The molecule has 4 rings (SSSR count). The predicted octanol–water partition coefficient (Wildman–Crippen LogP) is 4.09. The van der Waals surface area contributed by atoms with Gasteiger partial charge >= 0.3 is 0 Å². The van der Waals surface area contributed by atoms with Crippen molar-refractivity contribution in [3.8, 4) is 17.0 Å². The molecule has 2 atom stereocenters. The van der Waals surface area contributed by atoms with E-state index in [0.29, 0.717) is 11.3 Å². The number of hydrogen-bond donors (Lipinski definition) is 3. The van der Waals surface area contributed by atoms with E-state index in [9.17, 15) is 10.2 Å². The number of anilines is 1. The normalized spacial score (nSPS) is 20.7. The van der Waals surface area contributed by atoms with Crippen LogP contribution in [0.1, 0.15) is 31.2 Å². The van der Waals surface area contributed by atoms with E-state index in [0.717, 1.165) is 47.2 Å². The van der Waals surface area contributed by atoms with E-state index in [2.05, 4.69) is 15.5 Å². The van der Waals surface area contributed by atoms with Gasteiger partial charge in [0.25, 0.3) is 0 Å². The average molecular weight is 355 g/mol. The molecule has 0 unspecified atom stereocenters. The number of rotatable bonds is 3. The highest BCUT2D eigenvalue weighted by atomic mass is 32.1. The number of aliphatic hydroxyl groups excluding tert-OH is 1. The largest absolute Gasteiger partial charge is 0.507 e. The third-order valence-corrected chi connectivity index (χ3v) is 5.73. The van der Waals surface area contributed by atoms with E-state index in [-0.39, 0.29) is 17.9 Å². The minimum Gasteiger partial charge on any atom is -0.507 e. The van der Waals surface area contributed by atoms with Gasteiger partial charge in [0.1, 0.15) is 11.6 Å². The number of aromatic nitrogens is 2. The van der Waals surface area contributed by atoms with Crippen molar-refractivity contribution < 1.29 is 10.2 Å². The van der Waals surface area contributed by atoms with E-state index in [1.165, 1.54) is 0 Å². The first-order valence-corrected chi connectivity index (χ1v) is 9.48. The zero-order valence-electron chi connectivity index (χ0n) is 14.1. The number of nitrogens with zero attached hydrogens (tertiary/aromatic N) is 2. The first-order valence-electron chi connectivity index (χ1n) is 8.60. The van der Waals surface area contributed by atoms with Gasteiger partial charge in [-0.15, -0.1) is 21.5 Å². The summed E-state index contributed by atoms with van der Waals surface area (Å²) in [5.74, 6) is 0.976. The van der Waals surface area contributed by atoms with Gasteiger partial charge in [0.05, 0.1) is 11.8 Å². The molecule has 0 spiro atoms. The quantitative estimate of drug-likeness (QED) is 0.659. The third kappa shape index (κ3) is 3.19. The molecule has 1 fully saturated rings. The number of nitrogens with one attached hydrogen (secondary N) is 1. The molecule has 130 valence electrons. The first kappa shape index (κ1) is 16.3. The highest BCUT2D eigenvalue weighted by molar-refractivity contribution is 7.17. The molecule has 2 heterocycles. The van der Waals surface area contributed by atoms with Gasteiger partial charge in [-0.3, -0.25) is 0 Å². The molecule has 1 saturated carbocycles. The van der Waals surface area contributed by atoms with Crippen LogP contribution in [0.5, 0.6) is 5.75 Å². The van der Waals surface area contributed by atoms with E-state index < -0.39 is 0 Å². The van der Waals surface area contributed by atoms with Crippen LogP contribution in [0.2, 0.25) is 0 Å². The summed E-state index contributed by atoms with van der Waals surface area (Å²) >= 11 is 1.61. The van der Waals surface area contributed by atoms with Crippen molar-refractivity contribution in [2.24, 2.45) is 0 Å². The lowest BCUT2D eigenvalue weighted by molar-refractivity contribution is 0.124. The second kappa shape index (κ2) is 6.61. The van der Waals surface area contributed by atoms with Crippen LogP contribution in [0.3, 0.4) is 0 Å². The minimum absolute atomic E-state index is 0.228. The van der Waals surface area contributed by atoms with Crippen molar-refractivity contribution in [3.05, 3.63) is 35.2 Å². The number of phenols is 1. The number of aliphatic hydroxyl groups is 1. The van der Waals surface area contributed by atoms with Crippen LogP contribution in [0.25, 0.3) is 21.3 Å². The molecule has 0 saturated heterocycles. The molecule has 0 aliphatic heterocycles. The Labute approximate surface area is 150 Å². The fourth-order valence-electron chi connectivity index (χ4n) is 3.55. The molecular formula is C19H21N3O2S. The average Bonchev–Trinajstić information content (AvgIpc) is 3.06. The van der Waals surface area contributed by atoms with Crippen LogP contribution < -0.4 is 5.32 Å². The van der Waals surface area contributed by atoms with E-state index in [1.807, 2.05) is 36.6 Å². The van der Waals surface area contributed by atoms with E-state index in [1.54, 1.807) is 11.3 Å². The molecule has 1 aliphatic carbocycles. The minimum atomic E-state index is -0.228. The Kier molecular flexibility index (Phi) is 4.31. The molecule has 3 N–H and O–H groups in total. The molecule has 1 aromatic carbocycles. The molecule has 0 radical (unpaired) electrons. The van der Waals surface area contributed by atoms with Gasteiger partial charge in [-0.25, -0.2) is 0 Å². The highest BCUT2D eigenvalue weighted by Gasteiger charge is 2.21. The molecule has 25 heavy (non-hydrogen) atoms. The first-order chi connectivity index (χ1) is 12.1. The Morgan fingerprint density at radius 1 is 1.20 bits per heavy atom. The second-order valence-corrected chi connectivity index (χ2v) is 7.66. The zero-order chi connectivity index (χ0) is 17.4. The zero-order valence-corrected chi connectivity index (χ0v) is 14.9. The SMILES string of the molecule is Cc1cc(N[C@H]2CCC[C@H](O)C2)nnc1-c1ccc2sccc2c1O. The summed E-state index contributed by atoms with van der Waals surface area (Å²) in [5.41, 5.74) is 2.36. The Hall–Kier alpha value is -2.18. The fraction of sp³-hybridized carbons (Fsp3) is 0.368. The van der Waals surface area contributed by atoms with Gasteiger partial charge < -0.3 is 15.5 Å². The van der Waals surface area contributed by atoms with Crippen LogP contribution in [-0.4, -0.2) is 32.6 Å². The number of phenolic OH excluding ortho intramolecular Hbond substituents is 1. The lowest BCUT2D eigenvalue weighted by Gasteiger charge is -2.27. The smallest absolute Gasteiger partial charge is 0.149 e. The summed E-state index contributed by atoms with van der Waals surface area (Å²) in [6.45, 7) is 1.97. The molecule has 6 heteroatoms. The number of hydrogen-bond acceptors (Lipinski definition) is 6. The molecule has 1 aliphatic rings. The summed E-state index contributed by atoms with van der Waals surface area (Å²) in [6.07, 6.45) is 3.46. The highest BCUT2D eigenvalue weighted by Crippen LogP contribution is 2.38. The van der Waals surface area contributed by atoms with Crippen LogP contribution in [0.4, 0.5) is 5.82 Å². The van der Waals surface area contributed by atoms with Crippen LogP contribution in [-0.2, 0) is 0 Å². The van der Waals surface area contributed by atoms with E-state index >= 15 is 0 Å². The van der Waals surface area contributed by atoms with Crippen LogP contribution >= 0.6 is 11.3 Å². The molecule has 2 aromatic heterocycles. The van der Waals surface area contributed by atoms with Gasteiger partial charge in [0.2, 0.25) is 0 Å². The number of aryl methyl sites for hydroxylation is 1. The van der Waals surface area contributed by atoms with Crippen LogP contribution in [0.15, 0.2) is 29.6 Å². The van der Waals surface area contributed by atoms with Crippen molar-refractivity contribution in [1.29, 1.82) is 0 Å². The van der Waals surface area contributed by atoms with Crippen molar-refractivity contribution in [1.82, 2.24) is 10.2 Å². The maximum Gasteiger partial charge on any atom is 0.149 e. The number of thiophene rings is 1. The lowest BCUT2D eigenvalue weighted by atomic mass is 9.93. The van der Waals surface area contributed by atoms with Gasteiger partial charge in [-0.2, -0.15) is 0 Å². The Bertz CT molecular complexity index is 909. The van der Waals surface area contributed by atoms with Gasteiger partial charge in [0, 0.05) is 21.7 Å². The molecule has 3 aromatic rings. The topological polar surface area (TPSA) is 78.3 Å². The predicted molar refractivity (Wildman–Crippen MR) is 101 cm³/mol. The van der Waals surface area contributed by atoms with Gasteiger partial charge in [0.15, 0.2) is 0 Å². The third-order valence-electron chi connectivity index (χ3n) is 4.84. The maximum atomic E-state index is 10.6. The Morgan fingerprint density at radius 3 is 2.88 bits per heavy atom. The maximum absolute atomic E-state index is 10.6. The molecule has 0 bridgehead atoms. The monoisotopic (exact) mass is 355 g/mol. The Balaban J connectivity index is 1.61. The van der Waals surface area contributed by atoms with Gasteiger partial charge in [-0.1, -0.05) is 0 Å². The summed E-state index contributed by atoms with van der Waals surface area (Å²) in [4.78, 5) is 0.